The van der Waals surface area contributed by atoms with Gasteiger partial charge in [0, 0.05) is 10.9 Å². The predicted octanol–water partition coefficient (Wildman–Crippen LogP) is 4.89. The summed E-state index contributed by atoms with van der Waals surface area (Å²) < 4.78 is 31.7. The zero-order valence-corrected chi connectivity index (χ0v) is 16.8. The lowest BCUT2D eigenvalue weighted by atomic mass is 10.1. The van der Waals surface area contributed by atoms with Crippen LogP contribution in [0.5, 0.6) is 0 Å². The molecule has 1 N–H and O–H groups in total. The fourth-order valence-electron chi connectivity index (χ4n) is 2.48. The Morgan fingerprint density at radius 1 is 1.07 bits per heavy atom. The number of hydrogen-bond acceptors (Lipinski definition) is 5. The average Bonchev–Trinajstić information content (AvgIpc) is 3.14. The number of nitrogens with one attached hydrogen (secondary N) is 1. The van der Waals surface area contributed by atoms with Crippen molar-refractivity contribution in [2.24, 2.45) is 0 Å². The second-order valence-electron chi connectivity index (χ2n) is 6.50. The minimum Gasteiger partial charge on any atom is -0.449 e. The summed E-state index contributed by atoms with van der Waals surface area (Å²) >= 11 is 1.12. The second kappa shape index (κ2) is 8.48. The number of rotatable bonds is 5. The van der Waals surface area contributed by atoms with Gasteiger partial charge in [0.2, 0.25) is 0 Å². The topological polar surface area (TPSA) is 68.3 Å². The van der Waals surface area contributed by atoms with Gasteiger partial charge in [0.05, 0.1) is 11.3 Å². The lowest BCUT2D eigenvalue weighted by molar-refractivity contribution is -0.123. The van der Waals surface area contributed by atoms with Crippen molar-refractivity contribution in [2.45, 2.75) is 26.9 Å². The molecule has 1 atom stereocenters. The Kier molecular flexibility index (Phi) is 6.03. The third-order valence-electron chi connectivity index (χ3n) is 4.35. The highest BCUT2D eigenvalue weighted by atomic mass is 32.1. The zero-order chi connectivity index (χ0) is 21.1. The number of anilines is 1. The molecule has 1 heterocycles. The molecule has 2 aromatic carbocycles. The van der Waals surface area contributed by atoms with E-state index < -0.39 is 29.6 Å². The molecule has 3 aromatic rings. The number of amides is 1. The first-order valence-electron chi connectivity index (χ1n) is 8.74. The van der Waals surface area contributed by atoms with Crippen LogP contribution in [0.15, 0.2) is 41.8 Å². The summed E-state index contributed by atoms with van der Waals surface area (Å²) in [6.45, 7) is 5.27. The average molecular weight is 416 g/mol. The van der Waals surface area contributed by atoms with Gasteiger partial charge in [0.15, 0.2) is 22.9 Å². The van der Waals surface area contributed by atoms with Crippen LogP contribution >= 0.6 is 11.3 Å². The number of halogens is 2. The molecule has 3 rings (SSSR count). The highest BCUT2D eigenvalue weighted by Crippen LogP contribution is 2.26. The highest BCUT2D eigenvalue weighted by molar-refractivity contribution is 7.14. The summed E-state index contributed by atoms with van der Waals surface area (Å²) in [6.07, 6.45) is -1.04. The van der Waals surface area contributed by atoms with Gasteiger partial charge in [-0.1, -0.05) is 6.07 Å². The number of ether oxygens (including phenoxy) is 1. The van der Waals surface area contributed by atoms with Crippen molar-refractivity contribution < 1.29 is 23.1 Å². The molecule has 0 saturated heterocycles. The Labute approximate surface area is 170 Å². The summed E-state index contributed by atoms with van der Waals surface area (Å²) in [5.74, 6) is -3.07. The van der Waals surface area contributed by atoms with Gasteiger partial charge in [0.25, 0.3) is 5.91 Å². The molecule has 0 aliphatic rings. The lowest BCUT2D eigenvalue weighted by Gasteiger charge is -2.13. The van der Waals surface area contributed by atoms with Crippen molar-refractivity contribution in [3.8, 4) is 11.3 Å². The summed E-state index contributed by atoms with van der Waals surface area (Å²) in [6, 6.07) is 8.60. The second-order valence-corrected chi connectivity index (χ2v) is 7.36. The molecule has 0 aliphatic heterocycles. The fourth-order valence-corrected chi connectivity index (χ4v) is 3.20. The van der Waals surface area contributed by atoms with Gasteiger partial charge in [-0.15, -0.1) is 11.3 Å². The van der Waals surface area contributed by atoms with E-state index in [-0.39, 0.29) is 5.13 Å². The number of hydrogen-bond donors (Lipinski definition) is 1. The summed E-state index contributed by atoms with van der Waals surface area (Å²) in [5.41, 5.74) is 3.14. The maximum absolute atomic E-state index is 13.4. The number of benzene rings is 2. The van der Waals surface area contributed by atoms with E-state index in [4.69, 9.17) is 4.74 Å². The SMILES string of the molecule is Cc1ccc(C(=O)O[C@@H](C)C(=O)Nc2nc(-c3ccc(F)c(F)c3)cs2)cc1C. The number of esters is 1. The van der Waals surface area contributed by atoms with Crippen molar-refractivity contribution in [2.75, 3.05) is 5.32 Å². The number of carbonyl (C=O) groups is 2. The van der Waals surface area contributed by atoms with E-state index in [9.17, 15) is 18.4 Å². The van der Waals surface area contributed by atoms with E-state index >= 15 is 0 Å². The minimum atomic E-state index is -1.04. The lowest BCUT2D eigenvalue weighted by Crippen LogP contribution is -2.30. The molecule has 8 heteroatoms. The Hall–Kier alpha value is -3.13. The molecule has 29 heavy (non-hydrogen) atoms. The molecule has 5 nitrogen and oxygen atoms in total. The summed E-state index contributed by atoms with van der Waals surface area (Å²) in [5, 5.41) is 4.42. The predicted molar refractivity (Wildman–Crippen MR) is 107 cm³/mol. The van der Waals surface area contributed by atoms with Gasteiger partial charge < -0.3 is 4.74 Å². The molecule has 150 valence electrons. The molecule has 1 aromatic heterocycles. The van der Waals surface area contributed by atoms with Gasteiger partial charge in [-0.05, 0) is 62.2 Å². The van der Waals surface area contributed by atoms with Gasteiger partial charge >= 0.3 is 5.97 Å². The normalized spacial score (nSPS) is 11.8. The van der Waals surface area contributed by atoms with Crippen molar-refractivity contribution in [3.05, 3.63) is 70.1 Å². The highest BCUT2D eigenvalue weighted by Gasteiger charge is 2.20. The number of thiazole rings is 1. The van der Waals surface area contributed by atoms with Gasteiger partial charge in [-0.2, -0.15) is 0 Å². The van der Waals surface area contributed by atoms with E-state index in [2.05, 4.69) is 10.3 Å². The number of aryl methyl sites for hydroxylation is 2. The molecular formula is C21H18F2N2O3S. The van der Waals surface area contributed by atoms with Crippen LogP contribution in [0, 0.1) is 25.5 Å². The third-order valence-corrected chi connectivity index (χ3v) is 5.10. The molecule has 0 bridgehead atoms. The van der Waals surface area contributed by atoms with E-state index in [1.165, 1.54) is 13.0 Å². The van der Waals surface area contributed by atoms with E-state index in [0.29, 0.717) is 16.8 Å². The van der Waals surface area contributed by atoms with E-state index in [1.807, 2.05) is 19.9 Å². The van der Waals surface area contributed by atoms with Gasteiger partial charge in [0.1, 0.15) is 0 Å². The van der Waals surface area contributed by atoms with Crippen LogP contribution in [0.3, 0.4) is 0 Å². The first-order valence-corrected chi connectivity index (χ1v) is 9.62. The smallest absolute Gasteiger partial charge is 0.338 e. The van der Waals surface area contributed by atoms with E-state index in [0.717, 1.165) is 34.6 Å². The van der Waals surface area contributed by atoms with Crippen molar-refractivity contribution >= 4 is 28.3 Å². The Balaban J connectivity index is 1.63. The molecule has 0 radical (unpaired) electrons. The van der Waals surface area contributed by atoms with E-state index in [1.54, 1.807) is 17.5 Å². The van der Waals surface area contributed by atoms with Gasteiger partial charge in [-0.25, -0.2) is 18.6 Å². The van der Waals surface area contributed by atoms with Crippen LogP contribution in [-0.4, -0.2) is 23.0 Å². The van der Waals surface area contributed by atoms with Crippen LogP contribution in [-0.2, 0) is 9.53 Å². The number of nitrogens with zero attached hydrogens (tertiary/aromatic N) is 1. The molecule has 0 fully saturated rings. The van der Waals surface area contributed by atoms with Crippen molar-refractivity contribution in [1.29, 1.82) is 0 Å². The minimum absolute atomic E-state index is 0.254. The first-order chi connectivity index (χ1) is 13.7. The van der Waals surface area contributed by atoms with Gasteiger partial charge in [-0.3, -0.25) is 10.1 Å². The Morgan fingerprint density at radius 2 is 1.83 bits per heavy atom. The maximum atomic E-state index is 13.4. The maximum Gasteiger partial charge on any atom is 0.338 e. The first kappa shape index (κ1) is 20.6. The van der Waals surface area contributed by atoms with Crippen LogP contribution < -0.4 is 5.32 Å². The fraction of sp³-hybridized carbons (Fsp3) is 0.190. The number of carbonyl (C=O) groups excluding carboxylic acids is 2. The van der Waals surface area contributed by atoms with Crippen LogP contribution in [0.4, 0.5) is 13.9 Å². The Bertz CT molecular complexity index is 1080. The largest absolute Gasteiger partial charge is 0.449 e. The monoisotopic (exact) mass is 416 g/mol. The molecule has 0 spiro atoms. The van der Waals surface area contributed by atoms with Crippen molar-refractivity contribution in [3.63, 3.8) is 0 Å². The zero-order valence-electron chi connectivity index (χ0n) is 16.0. The molecule has 0 unspecified atom stereocenters. The molecular weight excluding hydrogens is 398 g/mol. The van der Waals surface area contributed by atoms with Crippen LogP contribution in [0.25, 0.3) is 11.3 Å². The van der Waals surface area contributed by atoms with Crippen LogP contribution in [0.2, 0.25) is 0 Å². The Morgan fingerprint density at radius 3 is 2.52 bits per heavy atom. The number of aromatic nitrogens is 1. The van der Waals surface area contributed by atoms with Crippen LogP contribution in [0.1, 0.15) is 28.4 Å². The molecule has 1 amide bonds. The summed E-state index contributed by atoms with van der Waals surface area (Å²) in [4.78, 5) is 28.7. The molecule has 0 saturated carbocycles. The van der Waals surface area contributed by atoms with Crippen molar-refractivity contribution in [1.82, 2.24) is 4.98 Å². The standard InChI is InChI=1S/C21H18F2N2O3S/c1-11-4-5-15(8-12(11)2)20(27)28-13(3)19(26)25-21-24-18(10-29-21)14-6-7-16(22)17(23)9-14/h4-10,13H,1-3H3,(H,24,25,26)/t13-/m0/s1. The third kappa shape index (κ3) is 4.83. The summed E-state index contributed by atoms with van der Waals surface area (Å²) in [7, 11) is 0. The molecule has 0 aliphatic carbocycles. The quantitative estimate of drug-likeness (QED) is 0.602.